The second kappa shape index (κ2) is 5.48. The zero-order valence-electron chi connectivity index (χ0n) is 8.82. The lowest BCUT2D eigenvalue weighted by Crippen LogP contribution is -2.31. The monoisotopic (exact) mass is 213 g/mol. The molecule has 84 valence electrons. The number of hydrogen-bond donors (Lipinski definition) is 0. The highest BCUT2D eigenvalue weighted by molar-refractivity contribution is 6.36. The van der Waals surface area contributed by atoms with Crippen LogP contribution in [0.4, 0.5) is 0 Å². The SMILES string of the molecule is CCOC(=O)C(=O)CC(=O)N1CCCC1. The normalized spacial score (nSPS) is 15.1. The molecular weight excluding hydrogens is 198 g/mol. The Morgan fingerprint density at radius 3 is 2.33 bits per heavy atom. The highest BCUT2D eigenvalue weighted by atomic mass is 16.5. The van der Waals surface area contributed by atoms with E-state index in [1.54, 1.807) is 11.8 Å². The molecule has 0 spiro atoms. The molecule has 1 fully saturated rings. The van der Waals surface area contributed by atoms with E-state index >= 15 is 0 Å². The largest absolute Gasteiger partial charge is 0.460 e. The Balaban J connectivity index is 2.36. The molecule has 0 aromatic carbocycles. The molecule has 1 rings (SSSR count). The average molecular weight is 213 g/mol. The zero-order chi connectivity index (χ0) is 11.3. The van der Waals surface area contributed by atoms with Crippen LogP contribution in [-0.4, -0.2) is 42.3 Å². The summed E-state index contributed by atoms with van der Waals surface area (Å²) in [5.74, 6) is -1.94. The number of Topliss-reactive ketones (excluding diaryl/α,β-unsaturated/α-hetero) is 1. The van der Waals surface area contributed by atoms with Gasteiger partial charge < -0.3 is 9.64 Å². The molecule has 0 unspecified atom stereocenters. The van der Waals surface area contributed by atoms with Gasteiger partial charge in [-0.15, -0.1) is 0 Å². The van der Waals surface area contributed by atoms with Crippen LogP contribution >= 0.6 is 0 Å². The molecule has 1 aliphatic heterocycles. The van der Waals surface area contributed by atoms with E-state index in [9.17, 15) is 14.4 Å². The Bertz CT molecular complexity index is 269. The van der Waals surface area contributed by atoms with Gasteiger partial charge in [-0.2, -0.15) is 0 Å². The molecule has 0 atom stereocenters. The summed E-state index contributed by atoms with van der Waals surface area (Å²) in [7, 11) is 0. The summed E-state index contributed by atoms with van der Waals surface area (Å²) in [6.07, 6.45) is 1.58. The molecular formula is C10H15NO4. The molecule has 0 N–H and O–H groups in total. The summed E-state index contributed by atoms with van der Waals surface area (Å²) >= 11 is 0. The summed E-state index contributed by atoms with van der Waals surface area (Å²) in [5, 5.41) is 0. The average Bonchev–Trinajstić information content (AvgIpc) is 2.70. The predicted molar refractivity (Wildman–Crippen MR) is 52.1 cm³/mol. The van der Waals surface area contributed by atoms with Crippen molar-refractivity contribution in [3.05, 3.63) is 0 Å². The lowest BCUT2D eigenvalue weighted by molar-refractivity contribution is -0.155. The van der Waals surface area contributed by atoms with Gasteiger partial charge in [0.25, 0.3) is 0 Å². The lowest BCUT2D eigenvalue weighted by Gasteiger charge is -2.13. The molecule has 15 heavy (non-hydrogen) atoms. The van der Waals surface area contributed by atoms with Crippen LogP contribution in [0.25, 0.3) is 0 Å². The van der Waals surface area contributed by atoms with Crippen molar-refractivity contribution >= 4 is 17.7 Å². The fourth-order valence-corrected chi connectivity index (χ4v) is 1.50. The summed E-state index contributed by atoms with van der Waals surface area (Å²) in [6.45, 7) is 3.15. The summed E-state index contributed by atoms with van der Waals surface area (Å²) in [5.41, 5.74) is 0. The first kappa shape index (κ1) is 11.7. The van der Waals surface area contributed by atoms with Gasteiger partial charge in [-0.3, -0.25) is 9.59 Å². The van der Waals surface area contributed by atoms with Crippen molar-refractivity contribution in [2.24, 2.45) is 0 Å². The summed E-state index contributed by atoms with van der Waals surface area (Å²) in [6, 6.07) is 0. The van der Waals surface area contributed by atoms with Crippen molar-refractivity contribution in [1.29, 1.82) is 0 Å². The minimum Gasteiger partial charge on any atom is -0.460 e. The number of carbonyl (C=O) groups excluding carboxylic acids is 3. The summed E-state index contributed by atoms with van der Waals surface area (Å²) < 4.78 is 4.51. The van der Waals surface area contributed by atoms with E-state index in [4.69, 9.17) is 0 Å². The van der Waals surface area contributed by atoms with Crippen molar-refractivity contribution in [3.63, 3.8) is 0 Å². The van der Waals surface area contributed by atoms with Gasteiger partial charge in [-0.1, -0.05) is 0 Å². The fraction of sp³-hybridized carbons (Fsp3) is 0.700. The molecule has 0 bridgehead atoms. The van der Waals surface area contributed by atoms with Crippen LogP contribution in [0.5, 0.6) is 0 Å². The number of likely N-dealkylation sites (tertiary alicyclic amines) is 1. The van der Waals surface area contributed by atoms with Crippen LogP contribution in [0.2, 0.25) is 0 Å². The molecule has 0 saturated carbocycles. The van der Waals surface area contributed by atoms with E-state index < -0.39 is 11.8 Å². The van der Waals surface area contributed by atoms with Crippen LogP contribution in [0.15, 0.2) is 0 Å². The molecule has 0 aliphatic carbocycles. The third kappa shape index (κ3) is 3.34. The Hall–Kier alpha value is -1.39. The van der Waals surface area contributed by atoms with Crippen molar-refractivity contribution in [2.75, 3.05) is 19.7 Å². The van der Waals surface area contributed by atoms with Gasteiger partial charge in [-0.25, -0.2) is 4.79 Å². The third-order valence-electron chi connectivity index (χ3n) is 2.27. The van der Waals surface area contributed by atoms with Gasteiger partial charge in [0.2, 0.25) is 11.7 Å². The molecule has 0 radical (unpaired) electrons. The first-order valence-electron chi connectivity index (χ1n) is 5.13. The molecule has 1 heterocycles. The number of ketones is 1. The maximum atomic E-state index is 11.5. The minimum absolute atomic E-state index is 0.155. The second-order valence-corrected chi connectivity index (χ2v) is 3.41. The summed E-state index contributed by atoms with van der Waals surface area (Å²) in [4.78, 5) is 35.2. The third-order valence-corrected chi connectivity index (χ3v) is 2.27. The first-order chi connectivity index (χ1) is 7.15. The number of hydrogen-bond acceptors (Lipinski definition) is 4. The Morgan fingerprint density at radius 1 is 1.20 bits per heavy atom. The standard InChI is InChI=1S/C10H15NO4/c1-2-15-10(14)8(12)7-9(13)11-5-3-4-6-11/h2-7H2,1H3. The lowest BCUT2D eigenvalue weighted by atomic mass is 10.2. The smallest absolute Gasteiger partial charge is 0.375 e. The molecule has 0 aromatic rings. The van der Waals surface area contributed by atoms with Crippen molar-refractivity contribution in [2.45, 2.75) is 26.2 Å². The van der Waals surface area contributed by atoms with Gasteiger partial charge in [0.1, 0.15) is 0 Å². The number of esters is 1. The van der Waals surface area contributed by atoms with Gasteiger partial charge in [-0.05, 0) is 19.8 Å². The Morgan fingerprint density at radius 2 is 1.80 bits per heavy atom. The fourth-order valence-electron chi connectivity index (χ4n) is 1.50. The quantitative estimate of drug-likeness (QED) is 0.378. The predicted octanol–water partition coefficient (Wildman–Crippen LogP) is 0.131. The maximum absolute atomic E-state index is 11.5. The van der Waals surface area contributed by atoms with Crippen LogP contribution in [-0.2, 0) is 19.1 Å². The number of amides is 1. The highest BCUT2D eigenvalue weighted by Crippen LogP contribution is 2.09. The van der Waals surface area contributed by atoms with Gasteiger partial charge in [0.05, 0.1) is 13.0 Å². The van der Waals surface area contributed by atoms with E-state index in [1.807, 2.05) is 0 Å². The van der Waals surface area contributed by atoms with E-state index in [-0.39, 0.29) is 18.9 Å². The first-order valence-corrected chi connectivity index (χ1v) is 5.13. The zero-order valence-corrected chi connectivity index (χ0v) is 8.82. The van der Waals surface area contributed by atoms with Gasteiger partial charge in [0.15, 0.2) is 0 Å². The topological polar surface area (TPSA) is 63.7 Å². The van der Waals surface area contributed by atoms with Crippen molar-refractivity contribution in [1.82, 2.24) is 4.90 Å². The van der Waals surface area contributed by atoms with Crippen LogP contribution < -0.4 is 0 Å². The van der Waals surface area contributed by atoms with Gasteiger partial charge in [0, 0.05) is 13.1 Å². The van der Waals surface area contributed by atoms with Crippen molar-refractivity contribution in [3.8, 4) is 0 Å². The van der Waals surface area contributed by atoms with E-state index in [2.05, 4.69) is 4.74 Å². The van der Waals surface area contributed by atoms with Crippen LogP contribution in [0.3, 0.4) is 0 Å². The molecule has 5 nitrogen and oxygen atoms in total. The maximum Gasteiger partial charge on any atom is 0.375 e. The van der Waals surface area contributed by atoms with Crippen LogP contribution in [0, 0.1) is 0 Å². The Kier molecular flexibility index (Phi) is 4.27. The molecule has 1 saturated heterocycles. The number of nitrogens with zero attached hydrogens (tertiary/aromatic N) is 1. The van der Waals surface area contributed by atoms with Crippen molar-refractivity contribution < 1.29 is 19.1 Å². The molecule has 1 amide bonds. The Labute approximate surface area is 88.4 Å². The number of ether oxygens (including phenoxy) is 1. The van der Waals surface area contributed by atoms with E-state index in [1.165, 1.54) is 0 Å². The second-order valence-electron chi connectivity index (χ2n) is 3.41. The molecule has 1 aliphatic rings. The molecule has 0 aromatic heterocycles. The number of rotatable bonds is 4. The number of carbonyl (C=O) groups is 3. The van der Waals surface area contributed by atoms with E-state index in [0.29, 0.717) is 13.1 Å². The van der Waals surface area contributed by atoms with E-state index in [0.717, 1.165) is 12.8 Å². The van der Waals surface area contributed by atoms with Gasteiger partial charge >= 0.3 is 5.97 Å². The highest BCUT2D eigenvalue weighted by Gasteiger charge is 2.24. The van der Waals surface area contributed by atoms with Crippen LogP contribution in [0.1, 0.15) is 26.2 Å². The molecule has 5 heteroatoms. The minimum atomic E-state index is -0.912.